The topological polar surface area (TPSA) is 80.3 Å². The molecule has 252 valence electrons. The van der Waals surface area contributed by atoms with Crippen molar-refractivity contribution in [1.29, 1.82) is 0 Å². The van der Waals surface area contributed by atoms with Gasteiger partial charge in [0.25, 0.3) is 5.91 Å². The molecule has 8 heteroatoms. The van der Waals surface area contributed by atoms with Crippen molar-refractivity contribution in [2.24, 2.45) is 11.8 Å². The normalized spacial score (nSPS) is 17.6. The Labute approximate surface area is 280 Å². The molecular weight excluding hydrogens is 590 g/mol. The van der Waals surface area contributed by atoms with E-state index in [-0.39, 0.29) is 35.6 Å². The molecule has 1 saturated carbocycles. The number of amides is 2. The first-order valence-corrected chi connectivity index (χ1v) is 17.1. The standard InChI is InChI=1S/C39H51N3O5/c1-28(2)41(39(44)31-16-19-36(46-4)37(22-31)47-21-11-20-45-3)26-32-24-40-25-33(32)27-42(34-17-18-34)38(43)23-35(29-12-7-5-8-13-29)30-14-9-6-10-15-30/h5-10,12-16,19,22,28,32-35,40H,11,17-18,20-21,23-27H2,1-4H3/t32-,33-/m0/s1. The molecule has 3 aromatic rings. The minimum absolute atomic E-state index is 0.00981. The molecule has 1 N–H and O–H groups in total. The predicted molar refractivity (Wildman–Crippen MR) is 185 cm³/mol. The van der Waals surface area contributed by atoms with Crippen LogP contribution in [0.15, 0.2) is 78.9 Å². The van der Waals surface area contributed by atoms with E-state index in [1.807, 2.05) is 47.4 Å². The first kappa shape index (κ1) is 34.5. The Morgan fingerprint density at radius 2 is 1.47 bits per heavy atom. The van der Waals surface area contributed by atoms with Gasteiger partial charge in [0.05, 0.1) is 13.7 Å². The summed E-state index contributed by atoms with van der Waals surface area (Å²) < 4.78 is 16.6. The van der Waals surface area contributed by atoms with Crippen LogP contribution in [-0.4, -0.2) is 87.3 Å². The Morgan fingerprint density at radius 1 is 0.830 bits per heavy atom. The van der Waals surface area contributed by atoms with Crippen molar-refractivity contribution in [2.75, 3.05) is 53.6 Å². The van der Waals surface area contributed by atoms with Crippen molar-refractivity contribution >= 4 is 11.8 Å². The van der Waals surface area contributed by atoms with Gasteiger partial charge in [-0.25, -0.2) is 0 Å². The fraction of sp³-hybridized carbons (Fsp3) is 0.487. The minimum atomic E-state index is -0.0289. The SMILES string of the molecule is COCCCOc1cc(C(=O)N(C[C@@H]2CNC[C@H]2CN(C(=O)CC(c2ccccc2)c2ccccc2)C2CC2)C(C)C)ccc1OC. The van der Waals surface area contributed by atoms with Gasteiger partial charge in [-0.1, -0.05) is 60.7 Å². The molecule has 5 rings (SSSR count). The van der Waals surface area contributed by atoms with E-state index in [1.165, 1.54) is 0 Å². The molecule has 2 aliphatic rings. The second-order valence-corrected chi connectivity index (χ2v) is 13.1. The molecule has 0 bridgehead atoms. The molecule has 2 fully saturated rings. The Morgan fingerprint density at radius 3 is 2.04 bits per heavy atom. The average molecular weight is 642 g/mol. The Kier molecular flexibility index (Phi) is 12.3. The maximum absolute atomic E-state index is 14.1. The highest BCUT2D eigenvalue weighted by Crippen LogP contribution is 2.35. The van der Waals surface area contributed by atoms with Crippen molar-refractivity contribution in [2.45, 2.75) is 57.5 Å². The summed E-state index contributed by atoms with van der Waals surface area (Å²) in [5.74, 6) is 1.84. The van der Waals surface area contributed by atoms with Crippen molar-refractivity contribution in [3.63, 3.8) is 0 Å². The van der Waals surface area contributed by atoms with E-state index in [1.54, 1.807) is 26.4 Å². The van der Waals surface area contributed by atoms with Gasteiger partial charge in [0.1, 0.15) is 0 Å². The van der Waals surface area contributed by atoms with Crippen LogP contribution in [0.4, 0.5) is 0 Å². The van der Waals surface area contributed by atoms with Crippen LogP contribution in [0, 0.1) is 11.8 Å². The summed E-state index contributed by atoms with van der Waals surface area (Å²) in [5, 5.41) is 3.58. The van der Waals surface area contributed by atoms with Crippen LogP contribution in [0.3, 0.4) is 0 Å². The fourth-order valence-electron chi connectivity index (χ4n) is 6.65. The highest BCUT2D eigenvalue weighted by atomic mass is 16.5. The fourth-order valence-corrected chi connectivity index (χ4v) is 6.65. The van der Waals surface area contributed by atoms with Crippen molar-refractivity contribution in [3.05, 3.63) is 95.6 Å². The first-order valence-electron chi connectivity index (χ1n) is 17.1. The summed E-state index contributed by atoms with van der Waals surface area (Å²) in [7, 11) is 3.27. The van der Waals surface area contributed by atoms with Crippen LogP contribution in [0.25, 0.3) is 0 Å². The van der Waals surface area contributed by atoms with Gasteiger partial charge < -0.3 is 29.3 Å². The molecule has 1 heterocycles. The van der Waals surface area contributed by atoms with E-state index in [2.05, 4.69) is 48.3 Å². The molecule has 8 nitrogen and oxygen atoms in total. The Bertz CT molecular complexity index is 1390. The van der Waals surface area contributed by atoms with Gasteiger partial charge in [0.2, 0.25) is 5.91 Å². The molecular formula is C39H51N3O5. The van der Waals surface area contributed by atoms with E-state index in [9.17, 15) is 9.59 Å². The molecule has 1 saturated heterocycles. The van der Waals surface area contributed by atoms with E-state index < -0.39 is 0 Å². The van der Waals surface area contributed by atoms with Gasteiger partial charge in [-0.2, -0.15) is 0 Å². The van der Waals surface area contributed by atoms with Crippen LogP contribution < -0.4 is 14.8 Å². The van der Waals surface area contributed by atoms with E-state index in [4.69, 9.17) is 14.2 Å². The summed E-state index contributed by atoms with van der Waals surface area (Å²) in [6.07, 6.45) is 3.30. The smallest absolute Gasteiger partial charge is 0.254 e. The van der Waals surface area contributed by atoms with Gasteiger partial charge in [-0.05, 0) is 67.9 Å². The maximum Gasteiger partial charge on any atom is 0.254 e. The van der Waals surface area contributed by atoms with E-state index in [0.29, 0.717) is 55.8 Å². The van der Waals surface area contributed by atoms with Gasteiger partial charge in [0.15, 0.2) is 11.5 Å². The largest absolute Gasteiger partial charge is 0.493 e. The lowest BCUT2D eigenvalue weighted by molar-refractivity contribution is -0.132. The molecule has 47 heavy (non-hydrogen) atoms. The van der Waals surface area contributed by atoms with Crippen LogP contribution in [0.1, 0.15) is 66.9 Å². The zero-order chi connectivity index (χ0) is 33.2. The van der Waals surface area contributed by atoms with Crippen LogP contribution in [-0.2, 0) is 9.53 Å². The molecule has 0 spiro atoms. The van der Waals surface area contributed by atoms with E-state index >= 15 is 0 Å². The Hall–Kier alpha value is -3.88. The van der Waals surface area contributed by atoms with Gasteiger partial charge >= 0.3 is 0 Å². The molecule has 0 radical (unpaired) electrons. The minimum Gasteiger partial charge on any atom is -0.493 e. The summed E-state index contributed by atoms with van der Waals surface area (Å²) >= 11 is 0. The van der Waals surface area contributed by atoms with Crippen molar-refractivity contribution < 1.29 is 23.8 Å². The molecule has 0 unspecified atom stereocenters. The predicted octanol–water partition coefficient (Wildman–Crippen LogP) is 6.01. The number of carbonyl (C=O) groups excluding carboxylic acids is 2. The highest BCUT2D eigenvalue weighted by molar-refractivity contribution is 5.95. The van der Waals surface area contributed by atoms with Gasteiger partial charge in [0, 0.05) is 76.3 Å². The molecule has 3 aromatic carbocycles. The Balaban J connectivity index is 1.28. The second-order valence-electron chi connectivity index (χ2n) is 13.1. The average Bonchev–Trinajstić information content (AvgIpc) is 3.85. The molecule has 2 atom stereocenters. The second kappa shape index (κ2) is 16.8. The number of nitrogens with zero attached hydrogens (tertiary/aromatic N) is 2. The molecule has 1 aliphatic carbocycles. The third kappa shape index (κ3) is 9.14. The first-order chi connectivity index (χ1) is 22.9. The van der Waals surface area contributed by atoms with Crippen LogP contribution in [0.5, 0.6) is 11.5 Å². The lowest BCUT2D eigenvalue weighted by Crippen LogP contribution is -2.45. The summed E-state index contributed by atoms with van der Waals surface area (Å²) in [6.45, 7) is 8.18. The number of hydrogen-bond donors (Lipinski definition) is 1. The summed E-state index contributed by atoms with van der Waals surface area (Å²) in [4.78, 5) is 32.2. The number of ether oxygens (including phenoxy) is 3. The van der Waals surface area contributed by atoms with Crippen LogP contribution in [0.2, 0.25) is 0 Å². The van der Waals surface area contributed by atoms with Crippen molar-refractivity contribution in [3.8, 4) is 11.5 Å². The molecule has 1 aliphatic heterocycles. The van der Waals surface area contributed by atoms with Crippen molar-refractivity contribution in [1.82, 2.24) is 15.1 Å². The third-order valence-electron chi connectivity index (χ3n) is 9.48. The maximum atomic E-state index is 14.1. The summed E-state index contributed by atoms with van der Waals surface area (Å²) in [5.41, 5.74) is 2.90. The van der Waals surface area contributed by atoms with Gasteiger partial charge in [-0.3, -0.25) is 9.59 Å². The zero-order valence-electron chi connectivity index (χ0n) is 28.4. The number of rotatable bonds is 17. The zero-order valence-corrected chi connectivity index (χ0v) is 28.4. The lowest BCUT2D eigenvalue weighted by atomic mass is 9.87. The third-order valence-corrected chi connectivity index (χ3v) is 9.48. The molecule has 2 amide bonds. The monoisotopic (exact) mass is 641 g/mol. The highest BCUT2D eigenvalue weighted by Gasteiger charge is 2.39. The lowest BCUT2D eigenvalue weighted by Gasteiger charge is -2.34. The number of methoxy groups -OCH3 is 2. The number of hydrogen-bond acceptors (Lipinski definition) is 6. The summed E-state index contributed by atoms with van der Waals surface area (Å²) in [6, 6.07) is 26.5. The quantitative estimate of drug-likeness (QED) is 0.182. The molecule has 0 aromatic heterocycles. The van der Waals surface area contributed by atoms with Crippen LogP contribution >= 0.6 is 0 Å². The van der Waals surface area contributed by atoms with Gasteiger partial charge in [-0.15, -0.1) is 0 Å². The number of carbonyl (C=O) groups is 2. The number of nitrogens with one attached hydrogen (secondary N) is 1. The van der Waals surface area contributed by atoms with E-state index in [0.717, 1.165) is 43.5 Å². The number of benzene rings is 3.